The smallest absolute Gasteiger partial charge is 0.240 e. The highest BCUT2D eigenvalue weighted by atomic mass is 32.2. The highest BCUT2D eigenvalue weighted by molar-refractivity contribution is 7.89. The molecule has 0 spiro atoms. The number of nitrogens with one attached hydrogen (secondary N) is 1. The maximum Gasteiger partial charge on any atom is 0.240 e. The van der Waals surface area contributed by atoms with Gasteiger partial charge in [-0.2, -0.15) is 0 Å². The largest absolute Gasteiger partial charge is 0.326 e. The van der Waals surface area contributed by atoms with Crippen LogP contribution in [0.3, 0.4) is 0 Å². The van der Waals surface area contributed by atoms with Crippen LogP contribution in [0.15, 0.2) is 23.1 Å². The van der Waals surface area contributed by atoms with Crippen molar-refractivity contribution in [2.45, 2.75) is 57.5 Å². The molecule has 1 fully saturated rings. The van der Waals surface area contributed by atoms with Crippen molar-refractivity contribution in [1.82, 2.24) is 4.72 Å². The summed E-state index contributed by atoms with van der Waals surface area (Å²) in [5.41, 5.74) is 7.53. The number of benzene rings is 1. The minimum atomic E-state index is -3.45. The van der Waals surface area contributed by atoms with E-state index in [9.17, 15) is 8.42 Å². The lowest BCUT2D eigenvalue weighted by Crippen LogP contribution is -2.37. The number of hydrogen-bond donors (Lipinski definition) is 2. The van der Waals surface area contributed by atoms with Gasteiger partial charge in [0, 0.05) is 12.6 Å². The zero-order valence-corrected chi connectivity index (χ0v) is 13.9. The van der Waals surface area contributed by atoms with Crippen molar-refractivity contribution in [2.24, 2.45) is 17.6 Å². The van der Waals surface area contributed by atoms with E-state index in [0.717, 1.165) is 30.4 Å². The van der Waals surface area contributed by atoms with Crippen molar-refractivity contribution >= 4 is 10.0 Å². The topological polar surface area (TPSA) is 72.2 Å². The molecular formula is C16H26N2O2S. The van der Waals surface area contributed by atoms with E-state index in [0.29, 0.717) is 23.3 Å². The van der Waals surface area contributed by atoms with Crippen LogP contribution in [0.1, 0.15) is 44.2 Å². The van der Waals surface area contributed by atoms with Crippen LogP contribution in [0.25, 0.3) is 0 Å². The number of rotatable bonds is 5. The molecule has 2 rings (SSSR count). The molecule has 1 aromatic rings. The van der Waals surface area contributed by atoms with E-state index in [1.807, 2.05) is 6.92 Å². The van der Waals surface area contributed by atoms with E-state index in [4.69, 9.17) is 5.73 Å². The molecule has 4 nitrogen and oxygen atoms in total. The molecule has 0 saturated heterocycles. The molecule has 1 aliphatic carbocycles. The third-order valence-corrected chi connectivity index (χ3v) is 6.39. The lowest BCUT2D eigenvalue weighted by molar-refractivity contribution is 0.368. The lowest BCUT2D eigenvalue weighted by Gasteiger charge is -2.21. The maximum absolute atomic E-state index is 12.5. The summed E-state index contributed by atoms with van der Waals surface area (Å²) in [6.45, 7) is 6.65. The van der Waals surface area contributed by atoms with E-state index in [1.165, 1.54) is 0 Å². The number of nitrogens with two attached hydrogens (primary N) is 1. The highest BCUT2D eigenvalue weighted by Crippen LogP contribution is 2.34. The van der Waals surface area contributed by atoms with Gasteiger partial charge in [-0.1, -0.05) is 26.3 Å². The maximum atomic E-state index is 12.5. The molecule has 118 valence electrons. The van der Waals surface area contributed by atoms with Gasteiger partial charge in [-0.3, -0.25) is 0 Å². The molecule has 0 amide bonds. The summed E-state index contributed by atoms with van der Waals surface area (Å²) in [5, 5.41) is 0. The monoisotopic (exact) mass is 310 g/mol. The summed E-state index contributed by atoms with van der Waals surface area (Å²) < 4.78 is 28.0. The number of aryl methyl sites for hydroxylation is 1. The molecule has 1 saturated carbocycles. The van der Waals surface area contributed by atoms with Crippen LogP contribution in [0.2, 0.25) is 0 Å². The van der Waals surface area contributed by atoms with E-state index < -0.39 is 10.0 Å². The Kier molecular flexibility index (Phi) is 5.07. The van der Waals surface area contributed by atoms with Gasteiger partial charge in [-0.05, 0) is 54.9 Å². The average Bonchev–Trinajstić information content (AvgIpc) is 2.79. The number of hydrogen-bond acceptors (Lipinski definition) is 3. The van der Waals surface area contributed by atoms with Crippen LogP contribution in [0.5, 0.6) is 0 Å². The van der Waals surface area contributed by atoms with Gasteiger partial charge in [0.15, 0.2) is 0 Å². The van der Waals surface area contributed by atoms with Crippen molar-refractivity contribution in [1.29, 1.82) is 0 Å². The fraction of sp³-hybridized carbons (Fsp3) is 0.625. The quantitative estimate of drug-likeness (QED) is 0.878. The van der Waals surface area contributed by atoms with Crippen LogP contribution >= 0.6 is 0 Å². The first-order chi connectivity index (χ1) is 9.89. The Bertz CT molecular complexity index is 598. The molecule has 0 aromatic heterocycles. The minimum Gasteiger partial charge on any atom is -0.326 e. The molecule has 1 aromatic carbocycles. The van der Waals surface area contributed by atoms with Crippen molar-refractivity contribution in [3.05, 3.63) is 29.3 Å². The Morgan fingerprint density at radius 2 is 2.05 bits per heavy atom. The van der Waals surface area contributed by atoms with E-state index in [1.54, 1.807) is 18.2 Å². The second-order valence-corrected chi connectivity index (χ2v) is 7.84. The third-order valence-electron chi connectivity index (χ3n) is 4.90. The first-order valence-corrected chi connectivity index (χ1v) is 9.19. The first kappa shape index (κ1) is 16.5. The van der Waals surface area contributed by atoms with Gasteiger partial charge < -0.3 is 5.73 Å². The normalized spacial score (nSPS) is 26.2. The SMILES string of the molecule is CCC1CCC(NS(=O)(=O)c2ccc(CN)c(C)c2)C1C. The van der Waals surface area contributed by atoms with Gasteiger partial charge in [0.1, 0.15) is 0 Å². The predicted molar refractivity (Wildman–Crippen MR) is 85.4 cm³/mol. The van der Waals surface area contributed by atoms with Crippen LogP contribution in [-0.4, -0.2) is 14.5 Å². The highest BCUT2D eigenvalue weighted by Gasteiger charge is 2.34. The Hall–Kier alpha value is -0.910. The molecule has 1 aliphatic rings. The van der Waals surface area contributed by atoms with Crippen molar-refractivity contribution < 1.29 is 8.42 Å². The predicted octanol–water partition coefficient (Wildman–Crippen LogP) is 2.56. The van der Waals surface area contributed by atoms with E-state index >= 15 is 0 Å². The summed E-state index contributed by atoms with van der Waals surface area (Å²) in [4.78, 5) is 0.337. The Labute approximate surface area is 128 Å². The minimum absolute atomic E-state index is 0.0504. The van der Waals surface area contributed by atoms with Crippen molar-refractivity contribution in [2.75, 3.05) is 0 Å². The van der Waals surface area contributed by atoms with Gasteiger partial charge >= 0.3 is 0 Å². The Morgan fingerprint density at radius 3 is 2.57 bits per heavy atom. The fourth-order valence-electron chi connectivity index (χ4n) is 3.32. The Balaban J connectivity index is 2.17. The fourth-order valence-corrected chi connectivity index (χ4v) is 4.77. The summed E-state index contributed by atoms with van der Waals surface area (Å²) in [5.74, 6) is 1.02. The van der Waals surface area contributed by atoms with Crippen LogP contribution in [0.4, 0.5) is 0 Å². The molecule has 3 atom stereocenters. The second-order valence-electron chi connectivity index (χ2n) is 6.12. The molecular weight excluding hydrogens is 284 g/mol. The molecule has 0 heterocycles. The van der Waals surface area contributed by atoms with Crippen LogP contribution in [-0.2, 0) is 16.6 Å². The summed E-state index contributed by atoms with van der Waals surface area (Å²) >= 11 is 0. The van der Waals surface area contributed by atoms with Crippen molar-refractivity contribution in [3.8, 4) is 0 Å². The molecule has 0 radical (unpaired) electrons. The average molecular weight is 310 g/mol. The number of sulfonamides is 1. The molecule has 0 aliphatic heterocycles. The summed E-state index contributed by atoms with van der Waals surface area (Å²) in [6, 6.07) is 5.21. The van der Waals surface area contributed by atoms with Gasteiger partial charge in [-0.25, -0.2) is 13.1 Å². The van der Waals surface area contributed by atoms with Gasteiger partial charge in [0.25, 0.3) is 0 Å². The molecule has 3 unspecified atom stereocenters. The summed E-state index contributed by atoms with van der Waals surface area (Å²) in [7, 11) is -3.45. The zero-order valence-electron chi connectivity index (χ0n) is 13.1. The zero-order chi connectivity index (χ0) is 15.6. The second kappa shape index (κ2) is 6.46. The Morgan fingerprint density at radius 1 is 1.33 bits per heavy atom. The molecule has 0 bridgehead atoms. The third kappa shape index (κ3) is 3.47. The molecule has 21 heavy (non-hydrogen) atoms. The lowest BCUT2D eigenvalue weighted by atomic mass is 9.94. The van der Waals surface area contributed by atoms with Gasteiger partial charge in [-0.15, -0.1) is 0 Å². The standard InChI is InChI=1S/C16H26N2O2S/c1-4-13-6-8-16(12(13)3)18-21(19,20)15-7-5-14(10-17)11(2)9-15/h5,7,9,12-13,16,18H,4,6,8,10,17H2,1-3H3. The molecule has 3 N–H and O–H groups in total. The van der Waals surface area contributed by atoms with Crippen LogP contribution < -0.4 is 10.5 Å². The molecule has 5 heteroatoms. The van der Waals surface area contributed by atoms with Crippen LogP contribution in [0, 0.1) is 18.8 Å². The van der Waals surface area contributed by atoms with Crippen molar-refractivity contribution in [3.63, 3.8) is 0 Å². The summed E-state index contributed by atoms with van der Waals surface area (Å²) in [6.07, 6.45) is 3.15. The van der Waals surface area contributed by atoms with E-state index in [-0.39, 0.29) is 6.04 Å². The van der Waals surface area contributed by atoms with E-state index in [2.05, 4.69) is 18.6 Å². The van der Waals surface area contributed by atoms with Gasteiger partial charge in [0.2, 0.25) is 10.0 Å². The van der Waals surface area contributed by atoms with Gasteiger partial charge in [0.05, 0.1) is 4.90 Å². The first-order valence-electron chi connectivity index (χ1n) is 7.71.